The average molecular weight is 180 g/mol. The molecule has 3 aliphatic rings. The first kappa shape index (κ1) is 8.25. The van der Waals surface area contributed by atoms with Crippen LogP contribution in [0.3, 0.4) is 0 Å². The molecule has 1 aliphatic heterocycles. The zero-order chi connectivity index (χ0) is 8.84. The third-order valence-electron chi connectivity index (χ3n) is 4.17. The van der Waals surface area contributed by atoms with Crippen LogP contribution in [0, 0.1) is 11.8 Å². The minimum Gasteiger partial charge on any atom is -0.312 e. The van der Waals surface area contributed by atoms with E-state index in [4.69, 9.17) is 0 Å². The molecule has 2 saturated carbocycles. The second kappa shape index (κ2) is 2.96. The maximum atomic E-state index is 3.52. The first-order valence-corrected chi connectivity index (χ1v) is 5.82. The summed E-state index contributed by atoms with van der Waals surface area (Å²) in [7, 11) is 0. The molecule has 2 heteroatoms. The third kappa shape index (κ3) is 1.40. The number of hydrogen-bond acceptors (Lipinski definition) is 2. The fourth-order valence-corrected chi connectivity index (χ4v) is 3.39. The van der Waals surface area contributed by atoms with Crippen LogP contribution in [0.15, 0.2) is 0 Å². The monoisotopic (exact) mass is 180 g/mol. The van der Waals surface area contributed by atoms with Crippen LogP contribution in [0.25, 0.3) is 0 Å². The van der Waals surface area contributed by atoms with Crippen molar-refractivity contribution in [2.24, 2.45) is 11.8 Å². The van der Waals surface area contributed by atoms with Gasteiger partial charge in [0.1, 0.15) is 0 Å². The predicted molar refractivity (Wildman–Crippen MR) is 53.7 cm³/mol. The van der Waals surface area contributed by atoms with Crippen LogP contribution >= 0.6 is 0 Å². The summed E-state index contributed by atoms with van der Waals surface area (Å²) in [5.74, 6) is 2.24. The van der Waals surface area contributed by atoms with Gasteiger partial charge >= 0.3 is 0 Å². The molecule has 0 aromatic rings. The van der Waals surface area contributed by atoms with Crippen molar-refractivity contribution >= 4 is 0 Å². The lowest BCUT2D eigenvalue weighted by atomic mass is 10.1. The molecule has 3 fully saturated rings. The standard InChI is InChI=1S/C11H20N2/c1-8-7-13(5-4-12-8)11-3-2-9-6-10(9)11/h8-12H,2-7H2,1H3. The van der Waals surface area contributed by atoms with Gasteiger partial charge in [0.05, 0.1) is 0 Å². The summed E-state index contributed by atoms with van der Waals surface area (Å²) >= 11 is 0. The maximum Gasteiger partial charge on any atom is 0.0167 e. The van der Waals surface area contributed by atoms with Crippen LogP contribution in [0.4, 0.5) is 0 Å². The number of nitrogens with zero attached hydrogens (tertiary/aromatic N) is 1. The Bertz CT molecular complexity index is 204. The normalized spacial score (nSPS) is 50.5. The van der Waals surface area contributed by atoms with Crippen molar-refractivity contribution in [1.82, 2.24) is 10.2 Å². The second-order valence-corrected chi connectivity index (χ2v) is 5.15. The Balaban J connectivity index is 1.63. The third-order valence-corrected chi connectivity index (χ3v) is 4.17. The lowest BCUT2D eigenvalue weighted by Gasteiger charge is -2.37. The van der Waals surface area contributed by atoms with E-state index in [1.54, 1.807) is 6.42 Å². The van der Waals surface area contributed by atoms with Crippen LogP contribution in [0.2, 0.25) is 0 Å². The molecule has 13 heavy (non-hydrogen) atoms. The van der Waals surface area contributed by atoms with E-state index in [2.05, 4.69) is 17.1 Å². The van der Waals surface area contributed by atoms with Crippen LogP contribution in [0.5, 0.6) is 0 Å². The van der Waals surface area contributed by atoms with Crippen LogP contribution in [0.1, 0.15) is 26.2 Å². The molecule has 1 saturated heterocycles. The highest BCUT2D eigenvalue weighted by Gasteiger charge is 2.50. The zero-order valence-corrected chi connectivity index (χ0v) is 8.50. The van der Waals surface area contributed by atoms with E-state index in [1.807, 2.05) is 0 Å². The first-order valence-electron chi connectivity index (χ1n) is 5.82. The van der Waals surface area contributed by atoms with Gasteiger partial charge in [0, 0.05) is 31.7 Å². The fraction of sp³-hybridized carbons (Fsp3) is 1.00. The largest absolute Gasteiger partial charge is 0.312 e. The molecule has 4 atom stereocenters. The van der Waals surface area contributed by atoms with Gasteiger partial charge in [-0.1, -0.05) is 0 Å². The molecule has 0 aromatic heterocycles. The van der Waals surface area contributed by atoms with Crippen LogP contribution in [-0.4, -0.2) is 36.6 Å². The van der Waals surface area contributed by atoms with Crippen LogP contribution < -0.4 is 5.32 Å². The molecular weight excluding hydrogens is 160 g/mol. The molecule has 1 heterocycles. The summed E-state index contributed by atoms with van der Waals surface area (Å²) in [4.78, 5) is 2.75. The topological polar surface area (TPSA) is 15.3 Å². The minimum atomic E-state index is 0.714. The fourth-order valence-electron chi connectivity index (χ4n) is 3.39. The van der Waals surface area contributed by atoms with E-state index in [0.717, 1.165) is 17.9 Å². The number of rotatable bonds is 1. The smallest absolute Gasteiger partial charge is 0.0167 e. The van der Waals surface area contributed by atoms with Crippen molar-refractivity contribution in [2.75, 3.05) is 19.6 Å². The Hall–Kier alpha value is -0.0800. The molecule has 0 spiro atoms. The number of fused-ring (bicyclic) bond motifs is 1. The van der Waals surface area contributed by atoms with Gasteiger partial charge in [0.25, 0.3) is 0 Å². The van der Waals surface area contributed by atoms with Crippen molar-refractivity contribution in [3.05, 3.63) is 0 Å². The van der Waals surface area contributed by atoms with E-state index >= 15 is 0 Å². The maximum absolute atomic E-state index is 3.52. The Morgan fingerprint density at radius 2 is 2.23 bits per heavy atom. The lowest BCUT2D eigenvalue weighted by molar-refractivity contribution is 0.137. The molecule has 0 bridgehead atoms. The van der Waals surface area contributed by atoms with Crippen LogP contribution in [-0.2, 0) is 0 Å². The molecule has 3 rings (SSSR count). The molecule has 0 radical (unpaired) electrons. The summed E-state index contributed by atoms with van der Waals surface area (Å²) in [5, 5.41) is 3.52. The number of hydrogen-bond donors (Lipinski definition) is 1. The van der Waals surface area contributed by atoms with E-state index in [-0.39, 0.29) is 0 Å². The van der Waals surface area contributed by atoms with Crippen molar-refractivity contribution in [1.29, 1.82) is 0 Å². The lowest BCUT2D eigenvalue weighted by Crippen LogP contribution is -2.52. The van der Waals surface area contributed by atoms with Gasteiger partial charge < -0.3 is 5.32 Å². The van der Waals surface area contributed by atoms with E-state index < -0.39 is 0 Å². The molecule has 1 N–H and O–H groups in total. The molecular formula is C11H20N2. The molecule has 0 aromatic carbocycles. The van der Waals surface area contributed by atoms with Gasteiger partial charge in [0.15, 0.2) is 0 Å². The van der Waals surface area contributed by atoms with Crippen molar-refractivity contribution < 1.29 is 0 Å². The molecule has 0 amide bonds. The summed E-state index contributed by atoms with van der Waals surface area (Å²) in [6.07, 6.45) is 4.55. The molecule has 4 unspecified atom stereocenters. The molecule has 74 valence electrons. The SMILES string of the molecule is CC1CN(C2CCC3CC32)CCN1. The molecule has 2 aliphatic carbocycles. The van der Waals surface area contributed by atoms with Gasteiger partial charge in [-0.2, -0.15) is 0 Å². The van der Waals surface area contributed by atoms with Gasteiger partial charge in [0.2, 0.25) is 0 Å². The summed E-state index contributed by atoms with van der Waals surface area (Å²) in [6.45, 7) is 6.09. The zero-order valence-electron chi connectivity index (χ0n) is 8.50. The van der Waals surface area contributed by atoms with Gasteiger partial charge in [-0.15, -0.1) is 0 Å². The Morgan fingerprint density at radius 3 is 2.85 bits per heavy atom. The predicted octanol–water partition coefficient (Wildman–Crippen LogP) is 1.08. The quantitative estimate of drug-likeness (QED) is 0.649. The van der Waals surface area contributed by atoms with E-state index in [9.17, 15) is 0 Å². The summed E-state index contributed by atoms with van der Waals surface area (Å²) < 4.78 is 0. The van der Waals surface area contributed by atoms with Crippen molar-refractivity contribution in [3.63, 3.8) is 0 Å². The van der Waals surface area contributed by atoms with E-state index in [1.165, 1.54) is 32.5 Å². The van der Waals surface area contributed by atoms with Crippen molar-refractivity contribution in [2.45, 2.75) is 38.3 Å². The van der Waals surface area contributed by atoms with Gasteiger partial charge in [-0.3, -0.25) is 4.90 Å². The highest BCUT2D eigenvalue weighted by atomic mass is 15.2. The highest BCUT2D eigenvalue weighted by Crippen LogP contribution is 2.53. The summed E-state index contributed by atoms with van der Waals surface area (Å²) in [6, 6.07) is 1.68. The van der Waals surface area contributed by atoms with Gasteiger partial charge in [-0.25, -0.2) is 0 Å². The Morgan fingerprint density at radius 1 is 1.31 bits per heavy atom. The molecule has 2 nitrogen and oxygen atoms in total. The Labute approximate surface area is 80.7 Å². The number of nitrogens with one attached hydrogen (secondary N) is 1. The Kier molecular flexibility index (Phi) is 1.88. The summed E-state index contributed by atoms with van der Waals surface area (Å²) in [5.41, 5.74) is 0. The first-order chi connectivity index (χ1) is 6.34. The average Bonchev–Trinajstić information content (AvgIpc) is 2.78. The van der Waals surface area contributed by atoms with Crippen molar-refractivity contribution in [3.8, 4) is 0 Å². The minimum absolute atomic E-state index is 0.714. The second-order valence-electron chi connectivity index (χ2n) is 5.15. The highest BCUT2D eigenvalue weighted by molar-refractivity contribution is 5.03. The van der Waals surface area contributed by atoms with Gasteiger partial charge in [-0.05, 0) is 38.0 Å². The van der Waals surface area contributed by atoms with E-state index in [0.29, 0.717) is 6.04 Å². The number of piperazine rings is 1.